The molecule has 1 aromatic carbocycles. The Kier molecular flexibility index (Phi) is 4.81. The van der Waals surface area contributed by atoms with E-state index in [4.69, 9.17) is 0 Å². The maximum Gasteiger partial charge on any atom is 0.260 e. The highest BCUT2D eigenvalue weighted by atomic mass is 32.1. The number of hydrogen-bond donors (Lipinski definition) is 2. The highest BCUT2D eigenvalue weighted by molar-refractivity contribution is 7.15. The predicted octanol–water partition coefficient (Wildman–Crippen LogP) is 3.36. The van der Waals surface area contributed by atoms with Crippen LogP contribution < -0.4 is 10.6 Å². The number of amides is 1. The lowest BCUT2D eigenvalue weighted by molar-refractivity contribution is 0.102. The minimum atomic E-state index is -0.170. The van der Waals surface area contributed by atoms with Crippen LogP contribution in [0, 0.1) is 6.92 Å². The Morgan fingerprint density at radius 1 is 1.27 bits per heavy atom. The summed E-state index contributed by atoms with van der Waals surface area (Å²) in [4.78, 5) is 18.3. The Bertz CT molecular complexity index is 896. The van der Waals surface area contributed by atoms with Crippen molar-refractivity contribution in [3.63, 3.8) is 0 Å². The molecule has 1 aliphatic heterocycles. The van der Waals surface area contributed by atoms with Gasteiger partial charge in [-0.15, -0.1) is 11.3 Å². The number of benzene rings is 1. The van der Waals surface area contributed by atoms with Gasteiger partial charge in [0, 0.05) is 17.3 Å². The van der Waals surface area contributed by atoms with E-state index in [2.05, 4.69) is 20.7 Å². The van der Waals surface area contributed by atoms with Crippen LogP contribution in [0.2, 0.25) is 0 Å². The largest absolute Gasteiger partial charge is 0.317 e. The third-order valence-electron chi connectivity index (χ3n) is 4.65. The van der Waals surface area contributed by atoms with Crippen LogP contribution in [-0.2, 0) is 0 Å². The first-order valence-corrected chi connectivity index (χ1v) is 9.62. The van der Waals surface area contributed by atoms with Crippen molar-refractivity contribution in [2.24, 2.45) is 0 Å². The Morgan fingerprint density at radius 2 is 2.04 bits per heavy atom. The van der Waals surface area contributed by atoms with Crippen LogP contribution in [-0.4, -0.2) is 33.8 Å². The summed E-state index contributed by atoms with van der Waals surface area (Å²) >= 11 is 1.57. The standard InChI is InChI=1S/C19H21N5OS/c1-13-16(12-24(23-13)15-5-3-2-4-6-15)18(25)22-19-21-11-17(26-19)14-7-9-20-10-8-14/h2-6,11-12,14,20H,7-10H2,1H3,(H,21,22,25). The first kappa shape index (κ1) is 16.9. The summed E-state index contributed by atoms with van der Waals surface area (Å²) in [5.41, 5.74) is 2.19. The topological polar surface area (TPSA) is 71.8 Å². The van der Waals surface area contributed by atoms with Gasteiger partial charge < -0.3 is 5.32 Å². The summed E-state index contributed by atoms with van der Waals surface area (Å²) < 4.78 is 1.73. The third-order valence-corrected chi connectivity index (χ3v) is 5.73. The zero-order valence-electron chi connectivity index (χ0n) is 14.6. The van der Waals surface area contributed by atoms with Crippen LogP contribution in [0.15, 0.2) is 42.7 Å². The second-order valence-electron chi connectivity index (χ2n) is 6.45. The van der Waals surface area contributed by atoms with Crippen molar-refractivity contribution in [1.82, 2.24) is 20.1 Å². The molecule has 1 aliphatic rings. The molecule has 134 valence electrons. The normalized spacial score (nSPS) is 15.1. The Hall–Kier alpha value is -2.51. The van der Waals surface area contributed by atoms with Gasteiger partial charge in [-0.1, -0.05) is 18.2 Å². The molecule has 0 bridgehead atoms. The van der Waals surface area contributed by atoms with Gasteiger partial charge in [0.05, 0.1) is 16.9 Å². The summed E-state index contributed by atoms with van der Waals surface area (Å²) in [5.74, 6) is 0.373. The fourth-order valence-electron chi connectivity index (χ4n) is 3.20. The van der Waals surface area contributed by atoms with Gasteiger partial charge >= 0.3 is 0 Å². The van der Waals surface area contributed by atoms with Crippen molar-refractivity contribution >= 4 is 22.4 Å². The number of rotatable bonds is 4. The maximum atomic E-state index is 12.7. The Balaban J connectivity index is 1.48. The van der Waals surface area contributed by atoms with E-state index >= 15 is 0 Å². The minimum absolute atomic E-state index is 0.170. The zero-order valence-corrected chi connectivity index (χ0v) is 15.4. The number of para-hydroxylation sites is 1. The number of nitrogens with zero attached hydrogens (tertiary/aromatic N) is 3. The molecule has 7 heteroatoms. The van der Waals surface area contributed by atoms with Gasteiger partial charge in [-0.25, -0.2) is 9.67 Å². The molecule has 0 atom stereocenters. The van der Waals surface area contributed by atoms with Gasteiger partial charge in [0.1, 0.15) is 0 Å². The summed E-state index contributed by atoms with van der Waals surface area (Å²) in [6.45, 7) is 3.93. The quantitative estimate of drug-likeness (QED) is 0.742. The third kappa shape index (κ3) is 3.54. The molecule has 1 saturated heterocycles. The highest BCUT2D eigenvalue weighted by Crippen LogP contribution is 2.31. The first-order chi connectivity index (χ1) is 12.7. The SMILES string of the molecule is Cc1nn(-c2ccccc2)cc1C(=O)Nc1ncc(C2CCNCC2)s1. The van der Waals surface area contributed by atoms with E-state index in [9.17, 15) is 4.79 Å². The number of nitrogens with one attached hydrogen (secondary N) is 2. The van der Waals surface area contributed by atoms with Crippen LogP contribution in [0.4, 0.5) is 5.13 Å². The lowest BCUT2D eigenvalue weighted by Crippen LogP contribution is -2.26. The Morgan fingerprint density at radius 3 is 2.81 bits per heavy atom. The van der Waals surface area contributed by atoms with E-state index in [1.807, 2.05) is 43.5 Å². The number of hydrogen-bond acceptors (Lipinski definition) is 5. The van der Waals surface area contributed by atoms with E-state index in [0.717, 1.165) is 31.6 Å². The summed E-state index contributed by atoms with van der Waals surface area (Å²) in [6.07, 6.45) is 5.91. The number of thiazole rings is 1. The van der Waals surface area contributed by atoms with Crippen molar-refractivity contribution in [2.75, 3.05) is 18.4 Å². The van der Waals surface area contributed by atoms with Crippen molar-refractivity contribution in [1.29, 1.82) is 0 Å². The van der Waals surface area contributed by atoms with Crippen LogP contribution in [0.5, 0.6) is 0 Å². The highest BCUT2D eigenvalue weighted by Gasteiger charge is 2.20. The lowest BCUT2D eigenvalue weighted by atomic mass is 9.97. The summed E-state index contributed by atoms with van der Waals surface area (Å²) in [7, 11) is 0. The van der Waals surface area contributed by atoms with Crippen LogP contribution in [0.25, 0.3) is 5.69 Å². The van der Waals surface area contributed by atoms with Gasteiger partial charge in [-0.3, -0.25) is 10.1 Å². The zero-order chi connectivity index (χ0) is 17.9. The second-order valence-corrected chi connectivity index (χ2v) is 7.52. The van der Waals surface area contributed by atoms with Gasteiger partial charge in [0.25, 0.3) is 5.91 Å². The van der Waals surface area contributed by atoms with E-state index < -0.39 is 0 Å². The molecule has 0 saturated carbocycles. The van der Waals surface area contributed by atoms with E-state index in [1.54, 1.807) is 22.2 Å². The smallest absolute Gasteiger partial charge is 0.260 e. The van der Waals surface area contributed by atoms with Gasteiger partial charge in [-0.05, 0) is 50.9 Å². The monoisotopic (exact) mass is 367 g/mol. The van der Waals surface area contributed by atoms with Crippen LogP contribution in [0.3, 0.4) is 0 Å². The molecule has 0 unspecified atom stereocenters. The van der Waals surface area contributed by atoms with Crippen molar-refractivity contribution < 1.29 is 4.79 Å². The Labute approximate surface area is 156 Å². The lowest BCUT2D eigenvalue weighted by Gasteiger charge is -2.20. The fraction of sp³-hybridized carbons (Fsp3) is 0.316. The molecule has 0 radical (unpaired) electrons. The van der Waals surface area contributed by atoms with Crippen LogP contribution >= 0.6 is 11.3 Å². The molecule has 1 fully saturated rings. The molecule has 0 aliphatic carbocycles. The summed E-state index contributed by atoms with van der Waals surface area (Å²) in [6, 6.07) is 9.77. The molecule has 0 spiro atoms. The molecular formula is C19H21N5OS. The maximum absolute atomic E-state index is 12.7. The summed E-state index contributed by atoms with van der Waals surface area (Å²) in [5, 5.41) is 11.4. The fourth-order valence-corrected chi connectivity index (χ4v) is 4.18. The number of carbonyl (C=O) groups excluding carboxylic acids is 1. The van der Waals surface area contributed by atoms with Gasteiger partial charge in [0.15, 0.2) is 5.13 Å². The molecule has 3 aromatic rings. The van der Waals surface area contributed by atoms with E-state index in [1.165, 1.54) is 4.88 Å². The van der Waals surface area contributed by atoms with Crippen LogP contribution in [0.1, 0.15) is 39.7 Å². The molecule has 6 nitrogen and oxygen atoms in total. The molecule has 4 rings (SSSR count). The molecule has 2 aromatic heterocycles. The molecular weight excluding hydrogens is 346 g/mol. The van der Waals surface area contributed by atoms with Gasteiger partial charge in [-0.2, -0.15) is 5.10 Å². The average Bonchev–Trinajstić information content (AvgIpc) is 3.30. The number of aryl methyl sites for hydroxylation is 1. The van der Waals surface area contributed by atoms with E-state index in [-0.39, 0.29) is 5.91 Å². The predicted molar refractivity (Wildman–Crippen MR) is 103 cm³/mol. The minimum Gasteiger partial charge on any atom is -0.317 e. The number of aromatic nitrogens is 3. The number of piperidine rings is 1. The molecule has 2 N–H and O–H groups in total. The molecule has 3 heterocycles. The van der Waals surface area contributed by atoms with Crippen molar-refractivity contribution in [3.05, 3.63) is 58.9 Å². The first-order valence-electron chi connectivity index (χ1n) is 8.80. The van der Waals surface area contributed by atoms with Crippen molar-refractivity contribution in [3.8, 4) is 5.69 Å². The average molecular weight is 367 g/mol. The molecule has 1 amide bonds. The number of anilines is 1. The van der Waals surface area contributed by atoms with Crippen molar-refractivity contribution in [2.45, 2.75) is 25.7 Å². The molecule has 26 heavy (non-hydrogen) atoms. The van der Waals surface area contributed by atoms with E-state index in [0.29, 0.717) is 22.3 Å². The number of carbonyl (C=O) groups is 1. The van der Waals surface area contributed by atoms with Gasteiger partial charge in [0.2, 0.25) is 0 Å². The second kappa shape index (κ2) is 7.39.